The molecule has 106 valence electrons. The third kappa shape index (κ3) is 3.57. The molecule has 0 saturated heterocycles. The van der Waals surface area contributed by atoms with Crippen LogP contribution in [-0.2, 0) is 4.79 Å². The largest absolute Gasteiger partial charge is 0.382 e. The summed E-state index contributed by atoms with van der Waals surface area (Å²) >= 11 is 1.23. The van der Waals surface area contributed by atoms with Crippen LogP contribution in [0.2, 0.25) is 0 Å². The second-order valence-electron chi connectivity index (χ2n) is 4.01. The van der Waals surface area contributed by atoms with E-state index in [0.29, 0.717) is 10.0 Å². The number of amides is 2. The molecule has 1 heterocycles. The van der Waals surface area contributed by atoms with Gasteiger partial charge in [-0.2, -0.15) is 0 Å². The van der Waals surface area contributed by atoms with Crippen LogP contribution >= 0.6 is 11.3 Å². The first-order valence-electron chi connectivity index (χ1n) is 5.95. The molecule has 7 nitrogen and oxygen atoms in total. The SMILES string of the molecule is CCN(CC)c1nc(N)c(C(=O)N(C)CC(N)=O)s1. The van der Waals surface area contributed by atoms with E-state index in [1.807, 2.05) is 18.7 Å². The first-order chi connectivity index (χ1) is 8.90. The molecular formula is C11H19N5O2S. The van der Waals surface area contributed by atoms with Crippen molar-refractivity contribution in [2.75, 3.05) is 37.3 Å². The third-order valence-electron chi connectivity index (χ3n) is 2.61. The lowest BCUT2D eigenvalue weighted by molar-refractivity contribution is -0.118. The predicted molar refractivity (Wildman–Crippen MR) is 76.2 cm³/mol. The molecule has 0 aromatic carbocycles. The number of hydrogen-bond acceptors (Lipinski definition) is 6. The number of nitrogen functional groups attached to an aromatic ring is 1. The molecule has 0 aliphatic rings. The Bertz CT molecular complexity index is 470. The molecule has 1 rings (SSSR count). The van der Waals surface area contributed by atoms with Gasteiger partial charge in [0, 0.05) is 20.1 Å². The number of carbonyl (C=O) groups excluding carboxylic acids is 2. The Labute approximate surface area is 116 Å². The van der Waals surface area contributed by atoms with Crippen LogP contribution in [0.3, 0.4) is 0 Å². The fraction of sp³-hybridized carbons (Fsp3) is 0.545. The average molecular weight is 285 g/mol. The van der Waals surface area contributed by atoms with Crippen molar-refractivity contribution >= 4 is 34.1 Å². The molecule has 0 radical (unpaired) electrons. The van der Waals surface area contributed by atoms with Crippen LogP contribution < -0.4 is 16.4 Å². The van der Waals surface area contributed by atoms with Crippen molar-refractivity contribution in [1.29, 1.82) is 0 Å². The summed E-state index contributed by atoms with van der Waals surface area (Å²) in [6.45, 7) is 5.43. The van der Waals surface area contributed by atoms with Crippen molar-refractivity contribution in [3.05, 3.63) is 4.88 Å². The van der Waals surface area contributed by atoms with E-state index in [0.717, 1.165) is 13.1 Å². The standard InChI is InChI=1S/C11H19N5O2S/c1-4-16(5-2)11-14-9(13)8(19-11)10(18)15(3)6-7(12)17/h4-6,13H2,1-3H3,(H2,12,17). The number of rotatable bonds is 6. The maximum absolute atomic E-state index is 12.1. The molecule has 1 aromatic rings. The van der Waals surface area contributed by atoms with E-state index in [1.165, 1.54) is 23.3 Å². The number of anilines is 2. The van der Waals surface area contributed by atoms with Gasteiger partial charge in [-0.25, -0.2) is 4.98 Å². The first-order valence-corrected chi connectivity index (χ1v) is 6.77. The lowest BCUT2D eigenvalue weighted by atomic mass is 10.4. The normalized spacial score (nSPS) is 10.3. The number of nitrogens with zero attached hydrogens (tertiary/aromatic N) is 3. The fourth-order valence-corrected chi connectivity index (χ4v) is 2.69. The molecule has 0 aliphatic heterocycles. The highest BCUT2D eigenvalue weighted by molar-refractivity contribution is 7.18. The number of primary amides is 1. The molecule has 0 atom stereocenters. The van der Waals surface area contributed by atoms with Gasteiger partial charge in [0.05, 0.1) is 6.54 Å². The van der Waals surface area contributed by atoms with Crippen molar-refractivity contribution in [2.24, 2.45) is 5.73 Å². The Balaban J connectivity index is 2.95. The van der Waals surface area contributed by atoms with Crippen LogP contribution in [0.1, 0.15) is 23.5 Å². The van der Waals surface area contributed by atoms with Crippen LogP contribution in [0.5, 0.6) is 0 Å². The van der Waals surface area contributed by atoms with Gasteiger partial charge in [0.15, 0.2) is 5.13 Å². The highest BCUT2D eigenvalue weighted by Gasteiger charge is 2.22. The van der Waals surface area contributed by atoms with Gasteiger partial charge in [-0.05, 0) is 13.8 Å². The number of nitrogens with two attached hydrogens (primary N) is 2. The van der Waals surface area contributed by atoms with Gasteiger partial charge in [0.25, 0.3) is 5.91 Å². The van der Waals surface area contributed by atoms with E-state index >= 15 is 0 Å². The Morgan fingerprint density at radius 1 is 1.32 bits per heavy atom. The second-order valence-corrected chi connectivity index (χ2v) is 4.99. The zero-order chi connectivity index (χ0) is 14.6. The van der Waals surface area contributed by atoms with Gasteiger partial charge in [-0.15, -0.1) is 0 Å². The molecule has 19 heavy (non-hydrogen) atoms. The molecule has 0 spiro atoms. The van der Waals surface area contributed by atoms with Gasteiger partial charge in [-0.1, -0.05) is 11.3 Å². The van der Waals surface area contributed by atoms with Gasteiger partial charge in [0.2, 0.25) is 5.91 Å². The van der Waals surface area contributed by atoms with E-state index in [2.05, 4.69) is 4.98 Å². The molecule has 0 aliphatic carbocycles. The van der Waals surface area contributed by atoms with Crippen LogP contribution in [0.15, 0.2) is 0 Å². The summed E-state index contributed by atoms with van der Waals surface area (Å²) in [5.41, 5.74) is 10.8. The molecule has 0 unspecified atom stereocenters. The first kappa shape index (κ1) is 15.2. The molecule has 4 N–H and O–H groups in total. The number of likely N-dealkylation sites (N-methyl/N-ethyl adjacent to an activating group) is 1. The topological polar surface area (TPSA) is 106 Å². The number of carbonyl (C=O) groups is 2. The minimum Gasteiger partial charge on any atom is -0.382 e. The van der Waals surface area contributed by atoms with Gasteiger partial charge >= 0.3 is 0 Å². The van der Waals surface area contributed by atoms with Crippen molar-refractivity contribution in [3.8, 4) is 0 Å². The third-order valence-corrected chi connectivity index (χ3v) is 3.73. The smallest absolute Gasteiger partial charge is 0.268 e. The van der Waals surface area contributed by atoms with Crippen molar-refractivity contribution in [3.63, 3.8) is 0 Å². The van der Waals surface area contributed by atoms with E-state index < -0.39 is 5.91 Å². The summed E-state index contributed by atoms with van der Waals surface area (Å²) in [6, 6.07) is 0. The van der Waals surface area contributed by atoms with Gasteiger partial charge < -0.3 is 21.3 Å². The Kier molecular flexibility index (Phi) is 5.11. The quantitative estimate of drug-likeness (QED) is 0.772. The predicted octanol–water partition coefficient (Wildman–Crippen LogP) is 0.129. The Morgan fingerprint density at radius 2 is 1.89 bits per heavy atom. The summed E-state index contributed by atoms with van der Waals surface area (Å²) in [7, 11) is 1.50. The molecule has 2 amide bonds. The highest BCUT2D eigenvalue weighted by Crippen LogP contribution is 2.28. The van der Waals surface area contributed by atoms with Crippen molar-refractivity contribution < 1.29 is 9.59 Å². The van der Waals surface area contributed by atoms with Gasteiger partial charge in [0.1, 0.15) is 10.7 Å². The van der Waals surface area contributed by atoms with Crippen LogP contribution in [0, 0.1) is 0 Å². The van der Waals surface area contributed by atoms with E-state index in [1.54, 1.807) is 0 Å². The molecular weight excluding hydrogens is 266 g/mol. The molecule has 0 bridgehead atoms. The maximum atomic E-state index is 12.1. The zero-order valence-electron chi connectivity index (χ0n) is 11.3. The zero-order valence-corrected chi connectivity index (χ0v) is 12.2. The molecule has 0 saturated carbocycles. The fourth-order valence-electron chi connectivity index (χ4n) is 1.58. The monoisotopic (exact) mass is 285 g/mol. The Morgan fingerprint density at radius 3 is 2.37 bits per heavy atom. The summed E-state index contributed by atoms with van der Waals surface area (Å²) < 4.78 is 0. The maximum Gasteiger partial charge on any atom is 0.268 e. The van der Waals surface area contributed by atoms with Crippen LogP contribution in [-0.4, -0.2) is 48.4 Å². The average Bonchev–Trinajstić information content (AvgIpc) is 2.71. The summed E-state index contributed by atoms with van der Waals surface area (Å²) in [4.78, 5) is 30.7. The number of aromatic nitrogens is 1. The van der Waals surface area contributed by atoms with Crippen LogP contribution in [0.4, 0.5) is 10.9 Å². The summed E-state index contributed by atoms with van der Waals surface area (Å²) in [6.07, 6.45) is 0. The van der Waals surface area contributed by atoms with E-state index in [9.17, 15) is 9.59 Å². The Hall–Kier alpha value is -1.83. The highest BCUT2D eigenvalue weighted by atomic mass is 32.1. The number of thiazole rings is 1. The summed E-state index contributed by atoms with van der Waals surface area (Å²) in [5.74, 6) is -0.719. The van der Waals surface area contributed by atoms with E-state index in [-0.39, 0.29) is 18.3 Å². The van der Waals surface area contributed by atoms with Crippen LogP contribution in [0.25, 0.3) is 0 Å². The lowest BCUT2D eigenvalue weighted by Gasteiger charge is -2.16. The molecule has 8 heteroatoms. The van der Waals surface area contributed by atoms with E-state index in [4.69, 9.17) is 11.5 Å². The molecule has 1 aromatic heterocycles. The summed E-state index contributed by atoms with van der Waals surface area (Å²) in [5, 5.41) is 0.707. The van der Waals surface area contributed by atoms with Gasteiger partial charge in [-0.3, -0.25) is 9.59 Å². The van der Waals surface area contributed by atoms with Crippen molar-refractivity contribution in [2.45, 2.75) is 13.8 Å². The second kappa shape index (κ2) is 6.37. The minimum atomic E-state index is -0.567. The lowest BCUT2D eigenvalue weighted by Crippen LogP contribution is -2.35. The number of hydrogen-bond donors (Lipinski definition) is 2. The molecule has 0 fully saturated rings. The van der Waals surface area contributed by atoms with Crippen molar-refractivity contribution in [1.82, 2.24) is 9.88 Å². The minimum absolute atomic E-state index is 0.142.